The topological polar surface area (TPSA) is 92.9 Å². The second-order valence-electron chi connectivity index (χ2n) is 5.10. The molecule has 128 valence electrons. The minimum atomic E-state index is -0.459. The van der Waals surface area contributed by atoms with Crippen molar-refractivity contribution >= 4 is 52.2 Å². The van der Waals surface area contributed by atoms with Crippen LogP contribution in [0.1, 0.15) is 10.4 Å². The average molecular weight is 398 g/mol. The Balaban J connectivity index is 1.96. The molecule has 0 unspecified atom stereocenters. The minimum absolute atomic E-state index is 0.167. The lowest BCUT2D eigenvalue weighted by atomic mass is 10.2. The summed E-state index contributed by atoms with van der Waals surface area (Å²) in [6, 6.07) is 10.7. The van der Waals surface area contributed by atoms with Crippen LogP contribution in [0.15, 0.2) is 47.3 Å². The number of hydrogen-bond acceptors (Lipinski definition) is 3. The van der Waals surface area contributed by atoms with Crippen molar-refractivity contribution in [2.75, 3.05) is 11.1 Å². The van der Waals surface area contributed by atoms with Gasteiger partial charge in [-0.15, -0.1) is 0 Å². The van der Waals surface area contributed by atoms with Crippen molar-refractivity contribution in [2.24, 2.45) is 0 Å². The first kappa shape index (κ1) is 17.4. The highest BCUT2D eigenvalue weighted by Crippen LogP contribution is 2.31. The molecular formula is C16H11Cl3N4O2. The van der Waals surface area contributed by atoms with Gasteiger partial charge in [-0.2, -0.15) is 0 Å². The fourth-order valence-electron chi connectivity index (χ4n) is 2.27. The van der Waals surface area contributed by atoms with Crippen LogP contribution in [0, 0.1) is 0 Å². The van der Waals surface area contributed by atoms with Gasteiger partial charge in [-0.25, -0.2) is 4.68 Å². The van der Waals surface area contributed by atoms with Gasteiger partial charge in [-0.1, -0.05) is 46.9 Å². The molecule has 0 saturated carbocycles. The number of anilines is 2. The number of aromatic nitrogens is 2. The number of amides is 1. The Morgan fingerprint density at radius 2 is 1.72 bits per heavy atom. The summed E-state index contributed by atoms with van der Waals surface area (Å²) in [5.74, 6) is -0.292. The maximum Gasteiger partial charge on any atom is 0.273 e. The van der Waals surface area contributed by atoms with Crippen LogP contribution in [0.25, 0.3) is 5.69 Å². The molecule has 1 aromatic heterocycles. The summed E-state index contributed by atoms with van der Waals surface area (Å²) < 4.78 is 1.12. The van der Waals surface area contributed by atoms with Gasteiger partial charge in [0.25, 0.3) is 11.5 Å². The molecule has 0 radical (unpaired) electrons. The lowest BCUT2D eigenvalue weighted by Gasteiger charge is -2.09. The molecule has 0 aliphatic rings. The summed E-state index contributed by atoms with van der Waals surface area (Å²) in [6.45, 7) is 0. The zero-order valence-corrected chi connectivity index (χ0v) is 14.8. The predicted molar refractivity (Wildman–Crippen MR) is 100 cm³/mol. The fourth-order valence-corrected chi connectivity index (χ4v) is 3.25. The molecule has 9 heteroatoms. The molecule has 25 heavy (non-hydrogen) atoms. The van der Waals surface area contributed by atoms with Gasteiger partial charge in [0.05, 0.1) is 15.6 Å². The number of H-pyrrole nitrogens is 1. The predicted octanol–water partition coefficient (Wildman–Crippen LogP) is 3.96. The fraction of sp³-hybridized carbons (Fsp3) is 0. The van der Waals surface area contributed by atoms with Gasteiger partial charge in [0.1, 0.15) is 11.5 Å². The normalized spacial score (nSPS) is 10.7. The molecule has 4 N–H and O–H groups in total. The molecular weight excluding hydrogens is 387 g/mol. The Bertz CT molecular complexity index is 1000. The van der Waals surface area contributed by atoms with Crippen molar-refractivity contribution < 1.29 is 4.79 Å². The summed E-state index contributed by atoms with van der Waals surface area (Å²) in [7, 11) is 0. The van der Waals surface area contributed by atoms with Crippen LogP contribution < -0.4 is 16.6 Å². The molecule has 1 amide bonds. The van der Waals surface area contributed by atoms with E-state index in [0.717, 1.165) is 4.68 Å². The van der Waals surface area contributed by atoms with Crippen molar-refractivity contribution in [3.8, 4) is 5.69 Å². The van der Waals surface area contributed by atoms with Crippen LogP contribution in [0.4, 0.5) is 11.5 Å². The highest BCUT2D eigenvalue weighted by molar-refractivity contribution is 6.40. The number of aromatic amines is 1. The van der Waals surface area contributed by atoms with Crippen LogP contribution in [-0.2, 0) is 0 Å². The summed E-state index contributed by atoms with van der Waals surface area (Å²) in [4.78, 5) is 24.5. The SMILES string of the molecule is Nc1ccccc1C(=O)Nc1cc(=O)n(-c2c(Cl)cc(Cl)cc2Cl)[nH]1. The lowest BCUT2D eigenvalue weighted by Crippen LogP contribution is -2.15. The number of carbonyl (C=O) groups excluding carboxylic acids is 1. The third-order valence-corrected chi connectivity index (χ3v) is 4.17. The third-order valence-electron chi connectivity index (χ3n) is 3.38. The number of hydrogen-bond donors (Lipinski definition) is 3. The molecule has 0 atom stereocenters. The number of para-hydroxylation sites is 1. The van der Waals surface area contributed by atoms with Crippen LogP contribution in [0.3, 0.4) is 0 Å². The van der Waals surface area contributed by atoms with E-state index >= 15 is 0 Å². The van der Waals surface area contributed by atoms with Crippen molar-refractivity contribution in [1.82, 2.24) is 9.78 Å². The van der Waals surface area contributed by atoms with E-state index < -0.39 is 11.5 Å². The highest BCUT2D eigenvalue weighted by Gasteiger charge is 2.16. The Kier molecular flexibility index (Phi) is 4.76. The number of nitrogens with two attached hydrogens (primary N) is 1. The lowest BCUT2D eigenvalue weighted by molar-refractivity contribution is 0.102. The van der Waals surface area contributed by atoms with Gasteiger partial charge >= 0.3 is 0 Å². The molecule has 3 aromatic rings. The first-order valence-electron chi connectivity index (χ1n) is 6.99. The third kappa shape index (κ3) is 3.51. The van der Waals surface area contributed by atoms with Gasteiger partial charge in [0, 0.05) is 16.8 Å². The van der Waals surface area contributed by atoms with Crippen molar-refractivity contribution in [1.29, 1.82) is 0 Å². The number of rotatable bonds is 3. The number of halogens is 3. The number of carbonyl (C=O) groups is 1. The van der Waals surface area contributed by atoms with Gasteiger partial charge < -0.3 is 11.1 Å². The molecule has 0 bridgehead atoms. The van der Waals surface area contributed by atoms with Crippen LogP contribution >= 0.6 is 34.8 Å². The highest BCUT2D eigenvalue weighted by atomic mass is 35.5. The summed E-state index contributed by atoms with van der Waals surface area (Å²) >= 11 is 18.1. The summed E-state index contributed by atoms with van der Waals surface area (Å²) in [6.07, 6.45) is 0. The van der Waals surface area contributed by atoms with Crippen LogP contribution in [0.5, 0.6) is 0 Å². The number of benzene rings is 2. The van der Waals surface area contributed by atoms with Crippen LogP contribution in [-0.4, -0.2) is 15.7 Å². The monoisotopic (exact) mass is 396 g/mol. The smallest absolute Gasteiger partial charge is 0.273 e. The van der Waals surface area contributed by atoms with E-state index in [-0.39, 0.29) is 21.6 Å². The first-order chi connectivity index (χ1) is 11.9. The Labute approximate surface area is 157 Å². The van der Waals surface area contributed by atoms with E-state index in [1.807, 2.05) is 0 Å². The van der Waals surface area contributed by atoms with Crippen molar-refractivity contribution in [3.63, 3.8) is 0 Å². The van der Waals surface area contributed by atoms with E-state index in [9.17, 15) is 9.59 Å². The van der Waals surface area contributed by atoms with E-state index in [0.29, 0.717) is 16.3 Å². The number of nitrogens with zero attached hydrogens (tertiary/aromatic N) is 1. The largest absolute Gasteiger partial charge is 0.398 e. The molecule has 6 nitrogen and oxygen atoms in total. The first-order valence-corrected chi connectivity index (χ1v) is 8.13. The van der Waals surface area contributed by atoms with Crippen molar-refractivity contribution in [2.45, 2.75) is 0 Å². The van der Waals surface area contributed by atoms with E-state index in [4.69, 9.17) is 40.5 Å². The number of nitrogen functional groups attached to an aromatic ring is 1. The molecule has 0 aliphatic heterocycles. The zero-order chi connectivity index (χ0) is 18.1. The Morgan fingerprint density at radius 3 is 2.36 bits per heavy atom. The second-order valence-corrected chi connectivity index (χ2v) is 6.35. The van der Waals surface area contributed by atoms with E-state index in [1.165, 1.54) is 18.2 Å². The molecule has 0 saturated heterocycles. The summed E-state index contributed by atoms with van der Waals surface area (Å²) in [5, 5.41) is 6.02. The van der Waals surface area contributed by atoms with Crippen molar-refractivity contribution in [3.05, 3.63) is 73.4 Å². The van der Waals surface area contributed by atoms with Gasteiger partial charge in [-0.05, 0) is 24.3 Å². The Hall–Kier alpha value is -2.41. The van der Waals surface area contributed by atoms with Gasteiger partial charge in [0.2, 0.25) is 0 Å². The standard InChI is InChI=1S/C16H11Cl3N4O2/c17-8-5-10(18)15(11(19)6-8)23-14(24)7-13(22-23)21-16(25)9-3-1-2-4-12(9)20/h1-7,22H,20H2,(H,21,25). The second kappa shape index (κ2) is 6.84. The van der Waals surface area contributed by atoms with Gasteiger partial charge in [0.15, 0.2) is 0 Å². The number of nitrogens with one attached hydrogen (secondary N) is 2. The summed E-state index contributed by atoms with van der Waals surface area (Å²) in [5.41, 5.74) is 6.16. The quantitative estimate of drug-likeness (QED) is 0.584. The maximum absolute atomic E-state index is 12.3. The van der Waals surface area contributed by atoms with E-state index in [1.54, 1.807) is 24.3 Å². The maximum atomic E-state index is 12.3. The zero-order valence-electron chi connectivity index (χ0n) is 12.5. The van der Waals surface area contributed by atoms with Gasteiger partial charge in [-0.3, -0.25) is 14.7 Å². The van der Waals surface area contributed by atoms with E-state index in [2.05, 4.69) is 10.4 Å². The average Bonchev–Trinajstić information content (AvgIpc) is 2.87. The van der Waals surface area contributed by atoms with Crippen LogP contribution in [0.2, 0.25) is 15.1 Å². The molecule has 2 aromatic carbocycles. The molecule has 0 fully saturated rings. The molecule has 1 heterocycles. The molecule has 3 rings (SSSR count). The molecule has 0 spiro atoms. The Morgan fingerprint density at radius 1 is 1.08 bits per heavy atom. The minimum Gasteiger partial charge on any atom is -0.398 e. The molecule has 0 aliphatic carbocycles.